The molecule has 0 aliphatic heterocycles. The van der Waals surface area contributed by atoms with Crippen molar-refractivity contribution in [2.24, 2.45) is 0 Å². The van der Waals surface area contributed by atoms with Crippen LogP contribution in [0.4, 0.5) is 10.1 Å². The highest BCUT2D eigenvalue weighted by molar-refractivity contribution is 9.10. The van der Waals surface area contributed by atoms with Gasteiger partial charge in [0.2, 0.25) is 21.8 Å². The normalized spacial score (nSPS) is 14.4. The van der Waals surface area contributed by atoms with Crippen LogP contribution in [0.2, 0.25) is 0 Å². The van der Waals surface area contributed by atoms with Gasteiger partial charge >= 0.3 is 0 Å². The molecule has 41 heavy (non-hydrogen) atoms. The highest BCUT2D eigenvalue weighted by atomic mass is 79.9. The minimum Gasteiger partial charge on any atom is -0.352 e. The van der Waals surface area contributed by atoms with E-state index in [4.69, 9.17) is 0 Å². The molecular weight excluding hydrogens is 609 g/mol. The number of rotatable bonds is 11. The Balaban J connectivity index is 1.74. The fourth-order valence-corrected chi connectivity index (χ4v) is 6.22. The third kappa shape index (κ3) is 8.16. The summed E-state index contributed by atoms with van der Waals surface area (Å²) < 4.78 is 42.6. The van der Waals surface area contributed by atoms with E-state index in [1.807, 2.05) is 37.3 Å². The first-order valence-corrected chi connectivity index (χ1v) is 16.3. The van der Waals surface area contributed by atoms with Crippen molar-refractivity contribution in [3.05, 3.63) is 99.8 Å². The molecule has 0 heterocycles. The number of carbonyl (C=O) groups excluding carboxylic acids is 2. The Kier molecular flexibility index (Phi) is 10.2. The number of aryl methyl sites for hydroxylation is 1. The highest BCUT2D eigenvalue weighted by Gasteiger charge is 2.34. The molecule has 1 saturated carbocycles. The van der Waals surface area contributed by atoms with Crippen molar-refractivity contribution in [2.45, 2.75) is 57.7 Å². The first kappa shape index (κ1) is 30.7. The predicted octanol–water partition coefficient (Wildman–Crippen LogP) is 5.36. The summed E-state index contributed by atoms with van der Waals surface area (Å²) in [5, 5.41) is 3.10. The second-order valence-electron chi connectivity index (χ2n) is 10.5. The third-order valence-corrected chi connectivity index (χ3v) is 9.41. The van der Waals surface area contributed by atoms with Gasteiger partial charge in [0.25, 0.3) is 0 Å². The largest absolute Gasteiger partial charge is 0.352 e. The first-order valence-electron chi connectivity index (χ1n) is 13.6. The molecule has 7 nitrogen and oxygen atoms in total. The summed E-state index contributed by atoms with van der Waals surface area (Å²) >= 11 is 3.43. The standard InChI is InChI=1S/C31H35BrFN3O4S/c1-22-18-26(16-17-27(22)32)36(41(2,39)40)21-30(37)35(20-24-12-6-9-15-28(24)33)29(19-23-10-4-3-5-11-23)31(38)34-25-13-7-8-14-25/h3-6,9-12,15-18,25,29H,7-8,13-14,19-21H2,1-2H3,(H,34,38)/t29-/m0/s1. The smallest absolute Gasteiger partial charge is 0.244 e. The number of nitrogens with zero attached hydrogens (tertiary/aromatic N) is 2. The maximum Gasteiger partial charge on any atom is 0.244 e. The highest BCUT2D eigenvalue weighted by Crippen LogP contribution is 2.26. The van der Waals surface area contributed by atoms with Crippen LogP contribution in [0.5, 0.6) is 0 Å². The molecule has 10 heteroatoms. The average Bonchev–Trinajstić information content (AvgIpc) is 3.44. The lowest BCUT2D eigenvalue weighted by Crippen LogP contribution is -2.54. The SMILES string of the molecule is Cc1cc(N(CC(=O)N(Cc2ccccc2F)[C@@H](Cc2ccccc2)C(=O)NC2CCCC2)S(C)(=O)=O)ccc1Br. The molecule has 0 aromatic heterocycles. The third-order valence-electron chi connectivity index (χ3n) is 7.38. The molecule has 1 N–H and O–H groups in total. The maximum atomic E-state index is 14.9. The monoisotopic (exact) mass is 643 g/mol. The summed E-state index contributed by atoms with van der Waals surface area (Å²) in [6, 6.07) is 19.4. The van der Waals surface area contributed by atoms with E-state index >= 15 is 0 Å². The van der Waals surface area contributed by atoms with E-state index in [-0.39, 0.29) is 30.5 Å². The zero-order valence-corrected chi connectivity index (χ0v) is 25.6. The van der Waals surface area contributed by atoms with Crippen LogP contribution in [0, 0.1) is 12.7 Å². The number of hydrogen-bond acceptors (Lipinski definition) is 4. The number of nitrogens with one attached hydrogen (secondary N) is 1. The molecule has 1 fully saturated rings. The summed E-state index contributed by atoms with van der Waals surface area (Å²) in [5.74, 6) is -1.46. The van der Waals surface area contributed by atoms with Gasteiger partial charge in [-0.3, -0.25) is 13.9 Å². The number of amides is 2. The fraction of sp³-hybridized carbons (Fsp3) is 0.355. The van der Waals surface area contributed by atoms with E-state index in [1.165, 1.54) is 11.0 Å². The van der Waals surface area contributed by atoms with Crippen molar-refractivity contribution in [2.75, 3.05) is 17.1 Å². The van der Waals surface area contributed by atoms with E-state index in [0.29, 0.717) is 5.69 Å². The zero-order chi connectivity index (χ0) is 29.6. The quantitative estimate of drug-likeness (QED) is 0.305. The molecule has 1 atom stereocenters. The van der Waals surface area contributed by atoms with Gasteiger partial charge in [0.15, 0.2) is 0 Å². The Morgan fingerprint density at radius 1 is 1.02 bits per heavy atom. The maximum absolute atomic E-state index is 14.9. The Labute approximate surface area is 249 Å². The average molecular weight is 645 g/mol. The topological polar surface area (TPSA) is 86.8 Å². The summed E-state index contributed by atoms with van der Waals surface area (Å²) in [7, 11) is -3.88. The van der Waals surface area contributed by atoms with Crippen molar-refractivity contribution in [1.29, 1.82) is 0 Å². The molecule has 3 aromatic rings. The molecule has 2 amide bonds. The van der Waals surface area contributed by atoms with E-state index in [1.54, 1.807) is 36.4 Å². The molecule has 218 valence electrons. The van der Waals surface area contributed by atoms with Gasteiger partial charge in [0.1, 0.15) is 18.4 Å². The van der Waals surface area contributed by atoms with Gasteiger partial charge in [-0.15, -0.1) is 0 Å². The summed E-state index contributed by atoms with van der Waals surface area (Å²) in [6.07, 6.45) is 4.97. The number of anilines is 1. The van der Waals surface area contributed by atoms with Crippen molar-refractivity contribution < 1.29 is 22.4 Å². The Morgan fingerprint density at radius 3 is 2.32 bits per heavy atom. The van der Waals surface area contributed by atoms with Crippen molar-refractivity contribution in [3.8, 4) is 0 Å². The van der Waals surface area contributed by atoms with Crippen LogP contribution in [0.1, 0.15) is 42.4 Å². The fourth-order valence-electron chi connectivity index (χ4n) is 5.13. The summed E-state index contributed by atoms with van der Waals surface area (Å²) in [5.41, 5.74) is 2.18. The molecule has 3 aromatic carbocycles. The molecule has 0 unspecified atom stereocenters. The summed E-state index contributed by atoms with van der Waals surface area (Å²) in [6.45, 7) is 1.08. The number of carbonyl (C=O) groups is 2. The predicted molar refractivity (Wildman–Crippen MR) is 162 cm³/mol. The Bertz CT molecular complexity index is 1480. The zero-order valence-electron chi connectivity index (χ0n) is 23.2. The van der Waals surface area contributed by atoms with Crippen LogP contribution in [-0.2, 0) is 32.6 Å². The van der Waals surface area contributed by atoms with Crippen LogP contribution in [0.25, 0.3) is 0 Å². The Morgan fingerprint density at radius 2 is 1.68 bits per heavy atom. The minimum absolute atomic E-state index is 0.00412. The van der Waals surface area contributed by atoms with Gasteiger partial charge in [-0.05, 0) is 55.2 Å². The van der Waals surface area contributed by atoms with Gasteiger partial charge in [-0.2, -0.15) is 0 Å². The Hall–Kier alpha value is -3.24. The van der Waals surface area contributed by atoms with E-state index in [2.05, 4.69) is 21.2 Å². The first-order chi connectivity index (χ1) is 19.5. The van der Waals surface area contributed by atoms with Gasteiger partial charge in [-0.1, -0.05) is 77.3 Å². The van der Waals surface area contributed by atoms with Gasteiger partial charge in [0.05, 0.1) is 11.9 Å². The molecule has 0 radical (unpaired) electrons. The number of sulfonamides is 1. The molecule has 1 aliphatic carbocycles. The van der Waals surface area contributed by atoms with Gasteiger partial charge in [0, 0.05) is 29.0 Å². The molecule has 0 bridgehead atoms. The molecule has 0 spiro atoms. The number of benzene rings is 3. The molecule has 4 rings (SSSR count). The lowest BCUT2D eigenvalue weighted by Gasteiger charge is -2.34. The lowest BCUT2D eigenvalue weighted by atomic mass is 10.0. The molecular formula is C31H35BrFN3O4S. The molecule has 1 aliphatic rings. The van der Waals surface area contributed by atoms with Crippen LogP contribution in [-0.4, -0.2) is 50.0 Å². The van der Waals surface area contributed by atoms with Crippen molar-refractivity contribution in [3.63, 3.8) is 0 Å². The van der Waals surface area contributed by atoms with Gasteiger partial charge < -0.3 is 10.2 Å². The van der Waals surface area contributed by atoms with Crippen molar-refractivity contribution >= 4 is 43.5 Å². The van der Waals surface area contributed by atoms with E-state index in [0.717, 1.165) is 51.8 Å². The van der Waals surface area contributed by atoms with Crippen LogP contribution in [0.15, 0.2) is 77.3 Å². The number of hydrogen-bond donors (Lipinski definition) is 1. The van der Waals surface area contributed by atoms with Crippen LogP contribution in [0.3, 0.4) is 0 Å². The second kappa shape index (κ2) is 13.6. The minimum atomic E-state index is -3.88. The van der Waals surface area contributed by atoms with Crippen LogP contribution < -0.4 is 9.62 Å². The molecule has 0 saturated heterocycles. The van der Waals surface area contributed by atoms with E-state index < -0.39 is 34.3 Å². The lowest BCUT2D eigenvalue weighted by molar-refractivity contribution is -0.140. The van der Waals surface area contributed by atoms with Crippen molar-refractivity contribution in [1.82, 2.24) is 10.2 Å². The summed E-state index contributed by atoms with van der Waals surface area (Å²) in [4.78, 5) is 29.3. The second-order valence-corrected chi connectivity index (χ2v) is 13.3. The van der Waals surface area contributed by atoms with Gasteiger partial charge in [-0.25, -0.2) is 12.8 Å². The van der Waals surface area contributed by atoms with Crippen LogP contribution >= 0.6 is 15.9 Å². The van der Waals surface area contributed by atoms with E-state index in [9.17, 15) is 22.4 Å². The number of halogens is 2.